The van der Waals surface area contributed by atoms with Crippen molar-refractivity contribution in [2.45, 2.75) is 0 Å². The predicted octanol–water partition coefficient (Wildman–Crippen LogP) is 1.19. The third-order valence-electron chi connectivity index (χ3n) is 2.61. The fourth-order valence-electron chi connectivity index (χ4n) is 1.65. The number of hydrogen-bond donors (Lipinski definition) is 0. The van der Waals surface area contributed by atoms with Crippen molar-refractivity contribution in [3.63, 3.8) is 0 Å². The highest BCUT2D eigenvalue weighted by Crippen LogP contribution is 2.19. The number of non-ortho nitro benzene ring substituents is 1. The minimum Gasteiger partial charge on any atom is -0.387 e. The van der Waals surface area contributed by atoms with E-state index in [0.29, 0.717) is 5.56 Å². The summed E-state index contributed by atoms with van der Waals surface area (Å²) in [7, 11) is 0. The Labute approximate surface area is 116 Å². The molecule has 0 aliphatic carbocycles. The quantitative estimate of drug-likeness (QED) is 0.524. The van der Waals surface area contributed by atoms with Crippen LogP contribution in [0.15, 0.2) is 51.9 Å². The lowest BCUT2D eigenvalue weighted by atomic mass is 10.2. The molecular weight excluding hydrogens is 278 g/mol. The van der Waals surface area contributed by atoms with Gasteiger partial charge in [0.15, 0.2) is 0 Å². The van der Waals surface area contributed by atoms with Crippen LogP contribution < -0.4 is 5.76 Å². The van der Waals surface area contributed by atoms with Gasteiger partial charge in [-0.1, -0.05) is 0 Å². The van der Waals surface area contributed by atoms with Crippen LogP contribution in [0.5, 0.6) is 0 Å². The third kappa shape index (κ3) is 2.39. The van der Waals surface area contributed by atoms with Gasteiger partial charge in [-0.2, -0.15) is 0 Å². The van der Waals surface area contributed by atoms with Gasteiger partial charge in [0.2, 0.25) is 5.89 Å². The van der Waals surface area contributed by atoms with Crippen LogP contribution in [0.3, 0.4) is 0 Å². The van der Waals surface area contributed by atoms with Crippen molar-refractivity contribution in [1.29, 1.82) is 0 Å². The van der Waals surface area contributed by atoms with E-state index in [1.54, 1.807) is 6.07 Å². The van der Waals surface area contributed by atoms with Crippen molar-refractivity contribution in [3.8, 4) is 17.4 Å². The molecule has 1 aromatic carbocycles. The van der Waals surface area contributed by atoms with Gasteiger partial charge in [0.05, 0.1) is 4.92 Å². The van der Waals surface area contributed by atoms with Crippen molar-refractivity contribution in [2.75, 3.05) is 0 Å². The van der Waals surface area contributed by atoms with E-state index in [1.165, 1.54) is 36.7 Å². The zero-order valence-electron chi connectivity index (χ0n) is 10.4. The van der Waals surface area contributed by atoms with Crippen LogP contribution in [0.4, 0.5) is 5.69 Å². The summed E-state index contributed by atoms with van der Waals surface area (Å²) in [5.74, 6) is -0.628. The molecule has 0 N–H and O–H groups in total. The van der Waals surface area contributed by atoms with Crippen molar-refractivity contribution >= 4 is 5.69 Å². The summed E-state index contributed by atoms with van der Waals surface area (Å²) >= 11 is 0. The molecule has 104 valence electrons. The van der Waals surface area contributed by atoms with Crippen molar-refractivity contribution in [3.05, 3.63) is 63.4 Å². The Morgan fingerprint density at radius 3 is 2.43 bits per heavy atom. The minimum atomic E-state index is -0.741. The molecule has 2 aromatic heterocycles. The van der Waals surface area contributed by atoms with E-state index in [1.807, 2.05) is 0 Å². The highest BCUT2D eigenvalue weighted by molar-refractivity contribution is 5.55. The maximum atomic E-state index is 11.7. The molecule has 3 rings (SSSR count). The second-order valence-electron chi connectivity index (χ2n) is 3.94. The lowest BCUT2D eigenvalue weighted by Crippen LogP contribution is -2.15. The van der Waals surface area contributed by atoms with Crippen molar-refractivity contribution in [2.24, 2.45) is 0 Å². The van der Waals surface area contributed by atoms with Crippen LogP contribution >= 0.6 is 0 Å². The topological polar surface area (TPSA) is 117 Å². The smallest absolute Gasteiger partial charge is 0.387 e. The second-order valence-corrected chi connectivity index (χ2v) is 3.94. The Balaban J connectivity index is 2.01. The molecule has 0 aliphatic heterocycles. The van der Waals surface area contributed by atoms with Gasteiger partial charge in [-0.15, -0.1) is 9.78 Å². The molecule has 0 saturated carbocycles. The minimum absolute atomic E-state index is 0.0300. The predicted molar refractivity (Wildman–Crippen MR) is 69.8 cm³/mol. The van der Waals surface area contributed by atoms with Gasteiger partial charge in [0.1, 0.15) is 0 Å². The van der Waals surface area contributed by atoms with Gasteiger partial charge < -0.3 is 4.42 Å². The molecule has 0 saturated heterocycles. The normalized spacial score (nSPS) is 10.5. The van der Waals surface area contributed by atoms with Crippen molar-refractivity contribution in [1.82, 2.24) is 19.7 Å². The van der Waals surface area contributed by atoms with E-state index in [0.717, 1.165) is 4.68 Å². The SMILES string of the molecule is O=c1oc(-c2ccc([N+](=O)[O-])cc2)nn1-c1ncccn1. The average Bonchev–Trinajstić information content (AvgIpc) is 2.90. The van der Waals surface area contributed by atoms with E-state index in [9.17, 15) is 14.9 Å². The van der Waals surface area contributed by atoms with Crippen LogP contribution in [0.1, 0.15) is 0 Å². The summed E-state index contributed by atoms with van der Waals surface area (Å²) in [6.45, 7) is 0. The van der Waals surface area contributed by atoms with E-state index < -0.39 is 10.7 Å². The van der Waals surface area contributed by atoms with E-state index >= 15 is 0 Å². The molecule has 9 nitrogen and oxygen atoms in total. The molecule has 0 amide bonds. The number of benzene rings is 1. The maximum absolute atomic E-state index is 11.7. The van der Waals surface area contributed by atoms with Crippen molar-refractivity contribution < 1.29 is 9.34 Å². The molecule has 3 aromatic rings. The highest BCUT2D eigenvalue weighted by atomic mass is 16.6. The number of hydrogen-bond acceptors (Lipinski definition) is 7. The van der Waals surface area contributed by atoms with Gasteiger partial charge in [0, 0.05) is 30.1 Å². The molecule has 0 fully saturated rings. The molecule has 9 heteroatoms. The van der Waals surface area contributed by atoms with Crippen LogP contribution in [0.2, 0.25) is 0 Å². The Morgan fingerprint density at radius 1 is 1.14 bits per heavy atom. The molecule has 0 atom stereocenters. The molecular formula is C12H7N5O4. The number of aromatic nitrogens is 4. The molecule has 0 aliphatic rings. The first-order valence-electron chi connectivity index (χ1n) is 5.77. The van der Waals surface area contributed by atoms with Gasteiger partial charge in [-0.3, -0.25) is 10.1 Å². The van der Waals surface area contributed by atoms with E-state index in [4.69, 9.17) is 4.42 Å². The zero-order chi connectivity index (χ0) is 14.8. The van der Waals surface area contributed by atoms with Crippen LogP contribution in [-0.4, -0.2) is 24.7 Å². The fraction of sp³-hybridized carbons (Fsp3) is 0. The number of nitro groups is 1. The van der Waals surface area contributed by atoms with Gasteiger partial charge in [-0.05, 0) is 18.2 Å². The number of rotatable bonds is 3. The number of nitrogens with zero attached hydrogens (tertiary/aromatic N) is 5. The lowest BCUT2D eigenvalue weighted by Gasteiger charge is -1.95. The summed E-state index contributed by atoms with van der Waals surface area (Å²) in [4.78, 5) is 29.6. The Hall–Kier alpha value is -3.36. The van der Waals surface area contributed by atoms with Crippen LogP contribution in [-0.2, 0) is 0 Å². The third-order valence-corrected chi connectivity index (χ3v) is 2.61. The molecule has 0 unspecified atom stereocenters. The standard InChI is InChI=1S/C12H7N5O4/c18-12-16(11-13-6-1-7-14-11)15-10(21-12)8-2-4-9(5-3-8)17(19)20/h1-7H. The summed E-state index contributed by atoms with van der Waals surface area (Å²) in [5.41, 5.74) is 0.374. The molecule has 0 spiro atoms. The van der Waals surface area contributed by atoms with Gasteiger partial charge >= 0.3 is 5.76 Å². The highest BCUT2D eigenvalue weighted by Gasteiger charge is 2.14. The zero-order valence-corrected chi connectivity index (χ0v) is 10.4. The summed E-state index contributed by atoms with van der Waals surface area (Å²) in [6, 6.07) is 7.09. The average molecular weight is 285 g/mol. The summed E-state index contributed by atoms with van der Waals surface area (Å²) in [6.07, 6.45) is 2.93. The van der Waals surface area contributed by atoms with Gasteiger partial charge in [0.25, 0.3) is 11.6 Å². The molecule has 0 radical (unpaired) electrons. The molecule has 0 bridgehead atoms. The number of nitro benzene ring substituents is 1. The van der Waals surface area contributed by atoms with Gasteiger partial charge in [-0.25, -0.2) is 14.8 Å². The lowest BCUT2D eigenvalue weighted by molar-refractivity contribution is -0.384. The van der Waals surface area contributed by atoms with Crippen LogP contribution in [0.25, 0.3) is 17.4 Å². The first-order chi connectivity index (χ1) is 10.1. The second kappa shape index (κ2) is 4.96. The molecule has 21 heavy (non-hydrogen) atoms. The van der Waals surface area contributed by atoms with Crippen LogP contribution in [0, 0.1) is 10.1 Å². The van der Waals surface area contributed by atoms with E-state index in [-0.39, 0.29) is 17.5 Å². The maximum Gasteiger partial charge on any atom is 0.445 e. The summed E-state index contributed by atoms with van der Waals surface area (Å²) in [5, 5.41) is 14.6. The Bertz CT molecular complexity index is 838. The first-order valence-corrected chi connectivity index (χ1v) is 5.77. The molecule has 2 heterocycles. The first kappa shape index (κ1) is 12.7. The van der Waals surface area contributed by atoms with E-state index in [2.05, 4.69) is 15.1 Å². The largest absolute Gasteiger partial charge is 0.445 e. The monoisotopic (exact) mass is 285 g/mol. The fourth-order valence-corrected chi connectivity index (χ4v) is 1.65. The Kier molecular flexibility index (Phi) is 2.99. The summed E-state index contributed by atoms with van der Waals surface area (Å²) < 4.78 is 5.92. The Morgan fingerprint density at radius 2 is 1.81 bits per heavy atom.